The van der Waals surface area contributed by atoms with E-state index in [1.807, 2.05) is 18.7 Å². The molecule has 1 aromatic carbocycles. The van der Waals surface area contributed by atoms with Gasteiger partial charge in [-0.3, -0.25) is 9.69 Å². The highest BCUT2D eigenvalue weighted by Gasteiger charge is 2.58. The summed E-state index contributed by atoms with van der Waals surface area (Å²) in [5, 5.41) is 20.7. The molecule has 0 spiro atoms. The van der Waals surface area contributed by atoms with Crippen LogP contribution in [0.25, 0.3) is 0 Å². The maximum absolute atomic E-state index is 13.5. The Bertz CT molecular complexity index is 990. The van der Waals surface area contributed by atoms with Gasteiger partial charge < -0.3 is 19.8 Å². The first-order valence-corrected chi connectivity index (χ1v) is 13.5. The number of rotatable bonds is 7. The van der Waals surface area contributed by atoms with E-state index in [1.165, 1.54) is 24.3 Å². The van der Waals surface area contributed by atoms with Gasteiger partial charge in [-0.25, -0.2) is 8.42 Å². The topological polar surface area (TPSA) is 111 Å². The van der Waals surface area contributed by atoms with Crippen LogP contribution in [0, 0.1) is 5.41 Å². The van der Waals surface area contributed by atoms with Crippen molar-refractivity contribution >= 4 is 27.5 Å². The monoisotopic (exact) mass is 515 g/mol. The zero-order valence-electron chi connectivity index (χ0n) is 19.7. The van der Waals surface area contributed by atoms with E-state index < -0.39 is 27.7 Å². The van der Waals surface area contributed by atoms with Crippen LogP contribution in [0.2, 0.25) is 5.02 Å². The second kappa shape index (κ2) is 9.65. The zero-order chi connectivity index (χ0) is 24.7. The largest absolute Gasteiger partial charge is 0.394 e. The molecule has 0 radical (unpaired) electrons. The lowest BCUT2D eigenvalue weighted by Gasteiger charge is -2.44. The summed E-state index contributed by atoms with van der Waals surface area (Å²) in [6, 6.07) is 5.23. The molecule has 2 atom stereocenters. The van der Waals surface area contributed by atoms with E-state index in [0.717, 1.165) is 4.31 Å². The smallest absolute Gasteiger partial charge is 0.245 e. The van der Waals surface area contributed by atoms with E-state index >= 15 is 0 Å². The molecule has 2 N–H and O–H groups in total. The second-order valence-corrected chi connectivity index (χ2v) is 12.5. The molecule has 1 aromatic rings. The minimum Gasteiger partial charge on any atom is -0.394 e. The molecular weight excluding hydrogens is 482 g/mol. The van der Waals surface area contributed by atoms with Crippen molar-refractivity contribution in [3.05, 3.63) is 29.3 Å². The minimum atomic E-state index is -4.02. The van der Waals surface area contributed by atoms with Crippen molar-refractivity contribution in [1.82, 2.24) is 14.1 Å². The number of carbonyl (C=O) groups is 1. The molecule has 3 aliphatic rings. The van der Waals surface area contributed by atoms with Gasteiger partial charge in [0.25, 0.3) is 0 Å². The molecule has 0 bridgehead atoms. The highest BCUT2D eigenvalue weighted by molar-refractivity contribution is 7.89. The number of aliphatic hydroxyl groups is 2. The number of carbonyl (C=O) groups excluding carboxylic acids is 1. The van der Waals surface area contributed by atoms with Crippen LogP contribution in [0.4, 0.5) is 0 Å². The fourth-order valence-corrected chi connectivity index (χ4v) is 6.86. The number of benzene rings is 1. The lowest BCUT2D eigenvalue weighted by atomic mass is 9.91. The SMILES string of the molecule is CC(C)(CO)N1CCN(C(=O)CC2([C@H]3COCC(O)N3S(=O)(=O)c3ccc(Cl)cc3)CC2)CC1. The predicted molar refractivity (Wildman–Crippen MR) is 127 cm³/mol. The quantitative estimate of drug-likeness (QED) is 0.560. The van der Waals surface area contributed by atoms with Crippen molar-refractivity contribution in [3.8, 4) is 0 Å². The van der Waals surface area contributed by atoms with Crippen LogP contribution in [0.15, 0.2) is 29.2 Å². The van der Waals surface area contributed by atoms with Crippen LogP contribution in [-0.4, -0.2) is 102 Å². The number of hydrogen-bond donors (Lipinski definition) is 2. The van der Waals surface area contributed by atoms with Crippen molar-refractivity contribution in [1.29, 1.82) is 0 Å². The van der Waals surface area contributed by atoms with E-state index in [0.29, 0.717) is 44.0 Å². The van der Waals surface area contributed by atoms with Crippen LogP contribution in [-0.2, 0) is 19.6 Å². The van der Waals surface area contributed by atoms with Gasteiger partial charge in [-0.05, 0) is 56.4 Å². The first kappa shape index (κ1) is 25.8. The minimum absolute atomic E-state index is 0.0112. The number of hydrogen-bond acceptors (Lipinski definition) is 7. The third-order valence-corrected chi connectivity index (χ3v) is 9.68. The molecule has 4 rings (SSSR count). The average molecular weight is 516 g/mol. The molecule has 2 aliphatic heterocycles. The molecule has 190 valence electrons. The molecule has 11 heteroatoms. The van der Waals surface area contributed by atoms with Crippen LogP contribution in [0.3, 0.4) is 0 Å². The van der Waals surface area contributed by atoms with Crippen molar-refractivity contribution in [2.45, 2.75) is 55.8 Å². The maximum Gasteiger partial charge on any atom is 0.245 e. The molecule has 1 aliphatic carbocycles. The number of piperazine rings is 1. The Labute approximate surface area is 206 Å². The summed E-state index contributed by atoms with van der Waals surface area (Å²) in [4.78, 5) is 17.3. The number of aliphatic hydroxyl groups excluding tert-OH is 2. The van der Waals surface area contributed by atoms with Gasteiger partial charge in [0, 0.05) is 43.2 Å². The number of nitrogens with zero attached hydrogens (tertiary/aromatic N) is 3. The predicted octanol–water partition coefficient (Wildman–Crippen LogP) is 1.13. The van der Waals surface area contributed by atoms with Gasteiger partial charge in [0.1, 0.15) is 6.23 Å². The zero-order valence-corrected chi connectivity index (χ0v) is 21.3. The first-order chi connectivity index (χ1) is 16.0. The second-order valence-electron chi connectivity index (χ2n) is 10.2. The Balaban J connectivity index is 1.49. The third-order valence-electron chi connectivity index (χ3n) is 7.51. The van der Waals surface area contributed by atoms with Gasteiger partial charge in [-0.15, -0.1) is 0 Å². The number of morpholine rings is 1. The average Bonchev–Trinajstić information content (AvgIpc) is 3.59. The number of halogens is 1. The lowest BCUT2D eigenvalue weighted by Crippen LogP contribution is -2.59. The summed E-state index contributed by atoms with van der Waals surface area (Å²) < 4.78 is 33.7. The van der Waals surface area contributed by atoms with E-state index in [2.05, 4.69) is 4.90 Å². The maximum atomic E-state index is 13.5. The highest BCUT2D eigenvalue weighted by Crippen LogP contribution is 2.55. The van der Waals surface area contributed by atoms with Crippen molar-refractivity contribution < 1.29 is 28.2 Å². The van der Waals surface area contributed by atoms with Gasteiger partial charge in [-0.1, -0.05) is 11.6 Å². The fourth-order valence-electron chi connectivity index (χ4n) is 5.00. The van der Waals surface area contributed by atoms with Gasteiger partial charge >= 0.3 is 0 Å². The van der Waals surface area contributed by atoms with Crippen LogP contribution in [0.5, 0.6) is 0 Å². The van der Waals surface area contributed by atoms with E-state index in [4.69, 9.17) is 16.3 Å². The molecule has 1 amide bonds. The summed E-state index contributed by atoms with van der Waals surface area (Å²) in [5.41, 5.74) is -0.890. The summed E-state index contributed by atoms with van der Waals surface area (Å²) in [6.07, 6.45) is 0.285. The first-order valence-electron chi connectivity index (χ1n) is 11.7. The molecule has 2 heterocycles. The molecule has 0 aromatic heterocycles. The van der Waals surface area contributed by atoms with Crippen molar-refractivity contribution in [3.63, 3.8) is 0 Å². The normalized spacial score (nSPS) is 26.4. The molecule has 1 saturated carbocycles. The van der Waals surface area contributed by atoms with Crippen LogP contribution < -0.4 is 0 Å². The summed E-state index contributed by atoms with van der Waals surface area (Å²) in [6.45, 7) is 6.51. The summed E-state index contributed by atoms with van der Waals surface area (Å²) in [5.74, 6) is -0.0112. The summed E-state index contributed by atoms with van der Waals surface area (Å²) in [7, 11) is -4.02. The van der Waals surface area contributed by atoms with Gasteiger partial charge in [0.05, 0.1) is 30.8 Å². The highest BCUT2D eigenvalue weighted by atomic mass is 35.5. The summed E-state index contributed by atoms with van der Waals surface area (Å²) >= 11 is 5.93. The molecule has 9 nitrogen and oxygen atoms in total. The molecule has 34 heavy (non-hydrogen) atoms. The Morgan fingerprint density at radius 3 is 2.32 bits per heavy atom. The molecule has 2 saturated heterocycles. The Hall–Kier alpha value is -1.27. The Morgan fingerprint density at radius 1 is 1.15 bits per heavy atom. The Morgan fingerprint density at radius 2 is 1.76 bits per heavy atom. The molecule has 1 unspecified atom stereocenters. The van der Waals surface area contributed by atoms with Crippen LogP contribution in [0.1, 0.15) is 33.1 Å². The lowest BCUT2D eigenvalue weighted by molar-refractivity contribution is -0.140. The third kappa shape index (κ3) is 5.00. The van der Waals surface area contributed by atoms with Crippen molar-refractivity contribution in [2.24, 2.45) is 5.41 Å². The van der Waals surface area contributed by atoms with Crippen LogP contribution >= 0.6 is 11.6 Å². The molecular formula is C23H34ClN3O6S. The van der Waals surface area contributed by atoms with Gasteiger partial charge in [-0.2, -0.15) is 4.31 Å². The number of ether oxygens (including phenoxy) is 1. The van der Waals surface area contributed by atoms with E-state index in [-0.39, 0.29) is 42.6 Å². The van der Waals surface area contributed by atoms with Crippen molar-refractivity contribution in [2.75, 3.05) is 46.0 Å². The Kier molecular flexibility index (Phi) is 7.32. The molecule has 3 fully saturated rings. The van der Waals surface area contributed by atoms with Gasteiger partial charge in [0.2, 0.25) is 15.9 Å². The number of amides is 1. The fraction of sp³-hybridized carbons (Fsp3) is 0.696. The van der Waals surface area contributed by atoms with E-state index in [9.17, 15) is 23.4 Å². The van der Waals surface area contributed by atoms with Gasteiger partial charge in [0.15, 0.2) is 0 Å². The standard InChI is InChI=1S/C23H34ClN3O6S/c1-22(2,16-28)26-11-9-25(10-12-26)20(29)13-23(7-8-23)19-14-33-15-21(30)27(19)34(31,32)18-5-3-17(24)4-6-18/h3-6,19,21,28,30H,7-16H2,1-2H3/t19-,21?/m1/s1. The number of sulfonamides is 1. The van der Waals surface area contributed by atoms with E-state index in [1.54, 1.807) is 0 Å².